The van der Waals surface area contributed by atoms with E-state index in [4.69, 9.17) is 0 Å². The molecule has 1 aromatic rings. The number of amides is 2. The third kappa shape index (κ3) is 3.70. The Kier molecular flexibility index (Phi) is 4.51. The summed E-state index contributed by atoms with van der Waals surface area (Å²) in [5.74, 6) is 0. The molecule has 5 heteroatoms. The highest BCUT2D eigenvalue weighted by atomic mass is 32.1. The van der Waals surface area contributed by atoms with Crippen molar-refractivity contribution in [2.75, 3.05) is 18.4 Å². The van der Waals surface area contributed by atoms with Crippen molar-refractivity contribution in [3.05, 3.63) is 11.8 Å². The topological polar surface area (TPSA) is 45.2 Å². The molecule has 1 N–H and O–H groups in total. The molecule has 0 spiro atoms. The minimum atomic E-state index is -0.0564. The molecule has 0 bridgehead atoms. The number of hydrogen-bond donors (Lipinski definition) is 1. The predicted molar refractivity (Wildman–Crippen MR) is 72.8 cm³/mol. The van der Waals surface area contributed by atoms with Crippen LogP contribution in [0.4, 0.5) is 9.80 Å². The van der Waals surface area contributed by atoms with Crippen molar-refractivity contribution in [2.45, 2.75) is 40.0 Å². The van der Waals surface area contributed by atoms with E-state index in [-0.39, 0.29) is 11.4 Å². The maximum absolute atomic E-state index is 11.8. The summed E-state index contributed by atoms with van der Waals surface area (Å²) in [6, 6.07) is 1.89. The maximum atomic E-state index is 11.8. The number of nitrogens with one attached hydrogen (secondary N) is 1. The number of nitrogens with zero attached hydrogens (tertiary/aromatic N) is 2. The van der Waals surface area contributed by atoms with Gasteiger partial charge in [-0.2, -0.15) is 4.37 Å². The molecule has 0 unspecified atom stereocenters. The lowest BCUT2D eigenvalue weighted by Gasteiger charge is -2.18. The summed E-state index contributed by atoms with van der Waals surface area (Å²) in [7, 11) is 0. The zero-order chi connectivity index (χ0) is 13.1. The molecule has 17 heavy (non-hydrogen) atoms. The molecule has 0 aliphatic carbocycles. The fraction of sp³-hybridized carbons (Fsp3) is 0.667. The molecule has 0 aliphatic heterocycles. The number of urea groups is 1. The summed E-state index contributed by atoms with van der Waals surface area (Å²) in [5.41, 5.74) is 1.03. The van der Waals surface area contributed by atoms with Crippen LogP contribution in [-0.4, -0.2) is 28.4 Å². The Morgan fingerprint density at radius 2 is 2.00 bits per heavy atom. The first-order valence-corrected chi connectivity index (χ1v) is 6.69. The summed E-state index contributed by atoms with van der Waals surface area (Å²) >= 11 is 1.33. The SMILES string of the molecule is CCN(CC)C(=O)Nc1cc(C(C)(C)C)ns1. The van der Waals surface area contributed by atoms with Gasteiger partial charge in [-0.15, -0.1) is 0 Å². The van der Waals surface area contributed by atoms with Gasteiger partial charge >= 0.3 is 6.03 Å². The van der Waals surface area contributed by atoms with Gasteiger partial charge < -0.3 is 4.90 Å². The fourth-order valence-corrected chi connectivity index (χ4v) is 2.20. The van der Waals surface area contributed by atoms with E-state index in [1.807, 2.05) is 19.9 Å². The molecule has 1 rings (SSSR count). The number of rotatable bonds is 3. The number of aromatic nitrogens is 1. The minimum absolute atomic E-state index is 0.0225. The van der Waals surface area contributed by atoms with E-state index in [0.717, 1.165) is 10.7 Å². The average Bonchev–Trinajstić information content (AvgIpc) is 2.67. The number of hydrogen-bond acceptors (Lipinski definition) is 3. The van der Waals surface area contributed by atoms with Gasteiger partial charge in [-0.1, -0.05) is 20.8 Å². The molecule has 0 aromatic carbocycles. The Balaban J connectivity index is 2.70. The van der Waals surface area contributed by atoms with Gasteiger partial charge in [-0.3, -0.25) is 5.32 Å². The average molecular weight is 255 g/mol. The molecule has 4 nitrogen and oxygen atoms in total. The molecule has 1 heterocycles. The molecule has 0 saturated carbocycles. The van der Waals surface area contributed by atoms with Crippen LogP contribution in [0.1, 0.15) is 40.3 Å². The van der Waals surface area contributed by atoms with E-state index in [1.165, 1.54) is 11.5 Å². The van der Waals surface area contributed by atoms with Gasteiger partial charge in [0.15, 0.2) is 0 Å². The highest BCUT2D eigenvalue weighted by Gasteiger charge is 2.18. The number of carbonyl (C=O) groups excluding carboxylic acids is 1. The van der Waals surface area contributed by atoms with Crippen molar-refractivity contribution in [3.8, 4) is 0 Å². The fourth-order valence-electron chi connectivity index (χ4n) is 1.38. The molecule has 0 fully saturated rings. The molecule has 0 aliphatic rings. The van der Waals surface area contributed by atoms with Crippen molar-refractivity contribution >= 4 is 22.6 Å². The molecule has 0 atom stereocenters. The van der Waals surface area contributed by atoms with Crippen molar-refractivity contribution < 1.29 is 4.79 Å². The normalized spacial score (nSPS) is 11.4. The summed E-state index contributed by atoms with van der Waals surface area (Å²) in [5, 5.41) is 3.69. The van der Waals surface area contributed by atoms with Crippen LogP contribution in [0.15, 0.2) is 6.07 Å². The Morgan fingerprint density at radius 1 is 1.41 bits per heavy atom. The van der Waals surface area contributed by atoms with Crippen molar-refractivity contribution in [2.24, 2.45) is 0 Å². The van der Waals surface area contributed by atoms with Gasteiger partial charge in [0.2, 0.25) is 0 Å². The third-order valence-corrected chi connectivity index (χ3v) is 3.26. The zero-order valence-corrected chi connectivity index (χ0v) is 12.0. The predicted octanol–water partition coefficient (Wildman–Crippen LogP) is 3.31. The zero-order valence-electron chi connectivity index (χ0n) is 11.2. The van der Waals surface area contributed by atoms with Crippen LogP contribution in [0, 0.1) is 0 Å². The van der Waals surface area contributed by atoms with Gasteiger partial charge in [-0.05, 0) is 31.4 Å². The van der Waals surface area contributed by atoms with E-state index in [2.05, 4.69) is 30.5 Å². The second-order valence-corrected chi connectivity index (χ2v) is 5.73. The highest BCUT2D eigenvalue weighted by Crippen LogP contribution is 2.26. The van der Waals surface area contributed by atoms with Crippen LogP contribution in [0.5, 0.6) is 0 Å². The summed E-state index contributed by atoms with van der Waals surface area (Å²) in [6.07, 6.45) is 0. The van der Waals surface area contributed by atoms with E-state index in [1.54, 1.807) is 4.90 Å². The molecule has 1 aromatic heterocycles. The summed E-state index contributed by atoms with van der Waals surface area (Å²) in [4.78, 5) is 13.6. The second-order valence-electron chi connectivity index (χ2n) is 4.93. The van der Waals surface area contributed by atoms with Crippen molar-refractivity contribution in [1.29, 1.82) is 0 Å². The Labute approximate surface area is 107 Å². The van der Waals surface area contributed by atoms with Gasteiger partial charge in [0, 0.05) is 18.5 Å². The standard InChI is InChI=1S/C12H21N3OS/c1-6-15(7-2)11(16)13-10-8-9(14-17-10)12(3,4)5/h8H,6-7H2,1-5H3,(H,13,16). The lowest BCUT2D eigenvalue weighted by atomic mass is 9.92. The quantitative estimate of drug-likeness (QED) is 0.900. The van der Waals surface area contributed by atoms with E-state index < -0.39 is 0 Å². The number of anilines is 1. The van der Waals surface area contributed by atoms with Crippen LogP contribution in [0.2, 0.25) is 0 Å². The molecule has 96 valence electrons. The van der Waals surface area contributed by atoms with Gasteiger partial charge in [-0.25, -0.2) is 4.79 Å². The highest BCUT2D eigenvalue weighted by molar-refractivity contribution is 7.10. The van der Waals surface area contributed by atoms with Crippen LogP contribution >= 0.6 is 11.5 Å². The number of carbonyl (C=O) groups is 1. The van der Waals surface area contributed by atoms with Gasteiger partial charge in [0.1, 0.15) is 5.00 Å². The Bertz CT molecular complexity index is 377. The van der Waals surface area contributed by atoms with Gasteiger partial charge in [0.25, 0.3) is 0 Å². The first-order chi connectivity index (χ1) is 7.88. The molecule has 0 saturated heterocycles. The summed E-state index contributed by atoms with van der Waals surface area (Å²) < 4.78 is 4.36. The molecular formula is C12H21N3OS. The Hall–Kier alpha value is -1.10. The second kappa shape index (κ2) is 5.49. The first-order valence-electron chi connectivity index (χ1n) is 5.91. The van der Waals surface area contributed by atoms with Crippen LogP contribution in [0.25, 0.3) is 0 Å². The van der Waals surface area contributed by atoms with Crippen LogP contribution in [0.3, 0.4) is 0 Å². The Morgan fingerprint density at radius 3 is 2.41 bits per heavy atom. The van der Waals surface area contributed by atoms with Gasteiger partial charge in [0.05, 0.1) is 5.69 Å². The molecule has 2 amide bonds. The van der Waals surface area contributed by atoms with Crippen molar-refractivity contribution in [3.63, 3.8) is 0 Å². The van der Waals surface area contributed by atoms with Crippen LogP contribution in [-0.2, 0) is 5.41 Å². The van der Waals surface area contributed by atoms with E-state index in [0.29, 0.717) is 13.1 Å². The van der Waals surface area contributed by atoms with E-state index in [9.17, 15) is 4.79 Å². The lowest BCUT2D eigenvalue weighted by Crippen LogP contribution is -2.34. The summed E-state index contributed by atoms with van der Waals surface area (Å²) in [6.45, 7) is 11.7. The monoisotopic (exact) mass is 255 g/mol. The van der Waals surface area contributed by atoms with E-state index >= 15 is 0 Å². The largest absolute Gasteiger partial charge is 0.325 e. The molecular weight excluding hydrogens is 234 g/mol. The minimum Gasteiger partial charge on any atom is -0.325 e. The first kappa shape index (κ1) is 14.0. The van der Waals surface area contributed by atoms with Crippen LogP contribution < -0.4 is 5.32 Å². The van der Waals surface area contributed by atoms with Crippen molar-refractivity contribution in [1.82, 2.24) is 9.27 Å². The molecule has 0 radical (unpaired) electrons. The lowest BCUT2D eigenvalue weighted by molar-refractivity contribution is 0.217. The maximum Gasteiger partial charge on any atom is 0.322 e. The smallest absolute Gasteiger partial charge is 0.322 e. The third-order valence-electron chi connectivity index (χ3n) is 2.56.